The maximum atomic E-state index is 12.8. The number of benzene rings is 1. The molecule has 84 valence electrons. The first-order valence-electron chi connectivity index (χ1n) is 4.56. The number of rotatable bonds is 0. The number of alkyl halides is 3. The Morgan fingerprint density at radius 3 is 2.69 bits per heavy atom. The number of hydrogen-bond acceptors (Lipinski definition) is 3. The van der Waals surface area contributed by atoms with Crippen molar-refractivity contribution >= 4 is 17.7 Å². The van der Waals surface area contributed by atoms with E-state index < -0.39 is 11.8 Å². The molecule has 0 bridgehead atoms. The van der Waals surface area contributed by atoms with Crippen molar-refractivity contribution in [3.63, 3.8) is 0 Å². The highest BCUT2D eigenvalue weighted by atomic mass is 35.5. The van der Waals surface area contributed by atoms with E-state index >= 15 is 0 Å². The molecule has 2 aliphatic heterocycles. The second-order valence-electron chi connectivity index (χ2n) is 3.46. The Morgan fingerprint density at radius 1 is 1.25 bits per heavy atom. The Bertz CT molecular complexity index is 490. The van der Waals surface area contributed by atoms with Gasteiger partial charge in [-0.05, 0) is 30.0 Å². The van der Waals surface area contributed by atoms with Gasteiger partial charge in [-0.3, -0.25) is 0 Å². The van der Waals surface area contributed by atoms with Crippen LogP contribution in [0.25, 0.3) is 6.08 Å². The van der Waals surface area contributed by atoms with Gasteiger partial charge in [-0.1, -0.05) is 11.6 Å². The summed E-state index contributed by atoms with van der Waals surface area (Å²) in [6.07, 6.45) is -0.208. The zero-order valence-corrected chi connectivity index (χ0v) is 8.59. The molecule has 0 radical (unpaired) electrons. The van der Waals surface area contributed by atoms with E-state index in [0.717, 1.165) is 5.56 Å². The maximum absolute atomic E-state index is 12.8. The van der Waals surface area contributed by atoms with Gasteiger partial charge in [-0.2, -0.15) is 0 Å². The van der Waals surface area contributed by atoms with Gasteiger partial charge in [0.05, 0.1) is 0 Å². The average Bonchev–Trinajstić information content (AvgIpc) is 2.48. The van der Waals surface area contributed by atoms with Gasteiger partial charge in [0.1, 0.15) is 5.50 Å². The van der Waals surface area contributed by atoms with Crippen molar-refractivity contribution in [1.82, 2.24) is 5.32 Å². The Morgan fingerprint density at radius 2 is 1.94 bits per heavy atom. The summed E-state index contributed by atoms with van der Waals surface area (Å²) in [5, 5.41) is 2.85. The van der Waals surface area contributed by atoms with E-state index in [1.165, 1.54) is 12.1 Å². The molecule has 0 aliphatic carbocycles. The lowest BCUT2D eigenvalue weighted by Crippen LogP contribution is -2.25. The predicted octanol–water partition coefficient (Wildman–Crippen LogP) is 2.82. The smallest absolute Gasteiger partial charge is 0.395 e. The third-order valence-corrected chi connectivity index (χ3v) is 2.75. The molecule has 1 atom stereocenters. The lowest BCUT2D eigenvalue weighted by atomic mass is 10.0. The number of halogens is 3. The highest BCUT2D eigenvalue weighted by molar-refractivity contribution is 6.21. The highest BCUT2D eigenvalue weighted by Gasteiger charge is 2.44. The normalized spacial score (nSPS) is 23.8. The van der Waals surface area contributed by atoms with Gasteiger partial charge in [0.15, 0.2) is 11.5 Å². The van der Waals surface area contributed by atoms with Crippen LogP contribution in [-0.2, 0) is 0 Å². The Kier molecular flexibility index (Phi) is 1.83. The predicted molar refractivity (Wildman–Crippen MR) is 53.4 cm³/mol. The first kappa shape index (κ1) is 9.72. The van der Waals surface area contributed by atoms with Crippen LogP contribution in [0.4, 0.5) is 8.78 Å². The molecule has 2 aliphatic rings. The van der Waals surface area contributed by atoms with Gasteiger partial charge < -0.3 is 14.8 Å². The third-order valence-electron chi connectivity index (χ3n) is 2.39. The van der Waals surface area contributed by atoms with E-state index in [9.17, 15) is 8.78 Å². The standard InChI is InChI=1S/C10H6ClF2NO2/c11-9-6-4-8-7(15-10(12,13)16-8)3-5(6)1-2-14-9/h1-4,9,14H. The molecule has 1 aromatic rings. The van der Waals surface area contributed by atoms with E-state index in [0.29, 0.717) is 5.56 Å². The molecule has 0 aromatic heterocycles. The molecule has 3 nitrogen and oxygen atoms in total. The van der Waals surface area contributed by atoms with Crippen molar-refractivity contribution < 1.29 is 18.3 Å². The lowest BCUT2D eigenvalue weighted by molar-refractivity contribution is -0.286. The first-order valence-corrected chi connectivity index (χ1v) is 4.99. The molecule has 6 heteroatoms. The van der Waals surface area contributed by atoms with Crippen molar-refractivity contribution in [2.45, 2.75) is 11.8 Å². The van der Waals surface area contributed by atoms with Gasteiger partial charge in [0.2, 0.25) is 0 Å². The van der Waals surface area contributed by atoms with Crippen molar-refractivity contribution in [1.29, 1.82) is 0 Å². The van der Waals surface area contributed by atoms with Crippen LogP contribution >= 0.6 is 11.6 Å². The van der Waals surface area contributed by atoms with E-state index in [4.69, 9.17) is 11.6 Å². The molecule has 0 spiro atoms. The van der Waals surface area contributed by atoms with Crippen LogP contribution in [-0.4, -0.2) is 6.29 Å². The van der Waals surface area contributed by atoms with Crippen LogP contribution < -0.4 is 14.8 Å². The Hall–Kier alpha value is -1.49. The molecule has 0 saturated carbocycles. The quantitative estimate of drug-likeness (QED) is 0.563. The fourth-order valence-electron chi connectivity index (χ4n) is 1.70. The summed E-state index contributed by atoms with van der Waals surface area (Å²) in [5.74, 6) is 0.0330. The fourth-order valence-corrected chi connectivity index (χ4v) is 1.97. The topological polar surface area (TPSA) is 30.5 Å². The van der Waals surface area contributed by atoms with E-state index in [1.54, 1.807) is 12.3 Å². The zero-order chi connectivity index (χ0) is 11.3. The third kappa shape index (κ3) is 1.39. The van der Waals surface area contributed by atoms with Gasteiger partial charge in [-0.25, -0.2) is 0 Å². The van der Waals surface area contributed by atoms with Crippen molar-refractivity contribution in [3.8, 4) is 11.5 Å². The van der Waals surface area contributed by atoms with E-state index in [1.807, 2.05) is 0 Å². The van der Waals surface area contributed by atoms with Crippen LogP contribution in [0.3, 0.4) is 0 Å². The molecule has 1 unspecified atom stereocenters. The minimum absolute atomic E-state index is 0.00602. The van der Waals surface area contributed by atoms with Crippen LogP contribution in [0.1, 0.15) is 16.6 Å². The van der Waals surface area contributed by atoms with Gasteiger partial charge in [0.25, 0.3) is 0 Å². The first-order chi connectivity index (χ1) is 7.55. The summed E-state index contributed by atoms with van der Waals surface area (Å²) in [4.78, 5) is 0. The second kappa shape index (κ2) is 3.01. The maximum Gasteiger partial charge on any atom is 0.586 e. The summed E-state index contributed by atoms with van der Waals surface area (Å²) in [6.45, 7) is 0. The van der Waals surface area contributed by atoms with Crippen molar-refractivity contribution in [2.75, 3.05) is 0 Å². The molecular formula is C10H6ClF2NO2. The van der Waals surface area contributed by atoms with Crippen LogP contribution in [0, 0.1) is 0 Å². The molecule has 0 amide bonds. The summed E-state index contributed by atoms with van der Waals surface area (Å²) >= 11 is 5.97. The number of hydrogen-bond donors (Lipinski definition) is 1. The SMILES string of the molecule is FC1(F)Oc2cc3c(cc2O1)C(Cl)NC=C3. The van der Waals surface area contributed by atoms with Gasteiger partial charge >= 0.3 is 6.29 Å². The summed E-state index contributed by atoms with van der Waals surface area (Å²) < 4.78 is 34.3. The summed E-state index contributed by atoms with van der Waals surface area (Å²) in [7, 11) is 0. The molecule has 1 N–H and O–H groups in total. The van der Waals surface area contributed by atoms with E-state index in [-0.39, 0.29) is 11.5 Å². The molecule has 16 heavy (non-hydrogen) atoms. The minimum atomic E-state index is -3.59. The minimum Gasteiger partial charge on any atom is -0.395 e. The van der Waals surface area contributed by atoms with Crippen LogP contribution in [0.5, 0.6) is 11.5 Å². The monoisotopic (exact) mass is 245 g/mol. The summed E-state index contributed by atoms with van der Waals surface area (Å²) in [5.41, 5.74) is 0.964. The lowest BCUT2D eigenvalue weighted by Gasteiger charge is -2.17. The van der Waals surface area contributed by atoms with Gasteiger partial charge in [-0.15, -0.1) is 8.78 Å². The zero-order valence-electron chi connectivity index (χ0n) is 7.84. The van der Waals surface area contributed by atoms with Gasteiger partial charge in [0, 0.05) is 5.56 Å². The molecule has 1 aromatic carbocycles. The molecular weight excluding hydrogens is 240 g/mol. The van der Waals surface area contributed by atoms with Crippen molar-refractivity contribution in [3.05, 3.63) is 29.5 Å². The molecule has 0 fully saturated rings. The summed E-state index contributed by atoms with van der Waals surface area (Å²) in [6, 6.07) is 2.94. The fraction of sp³-hybridized carbons (Fsp3) is 0.200. The average molecular weight is 246 g/mol. The van der Waals surface area contributed by atoms with Crippen molar-refractivity contribution in [2.24, 2.45) is 0 Å². The number of ether oxygens (including phenoxy) is 2. The Balaban J connectivity index is 2.11. The highest BCUT2D eigenvalue weighted by Crippen LogP contribution is 2.44. The largest absolute Gasteiger partial charge is 0.586 e. The molecule has 2 heterocycles. The second-order valence-corrected chi connectivity index (χ2v) is 3.89. The van der Waals surface area contributed by atoms with Crippen LogP contribution in [0.2, 0.25) is 0 Å². The molecule has 0 saturated heterocycles. The number of nitrogens with one attached hydrogen (secondary N) is 1. The Labute approximate surface area is 94.6 Å². The molecule has 3 rings (SSSR count). The van der Waals surface area contributed by atoms with E-state index in [2.05, 4.69) is 14.8 Å². The van der Waals surface area contributed by atoms with Crippen LogP contribution in [0.15, 0.2) is 18.3 Å². The number of fused-ring (bicyclic) bond motifs is 2.